The third kappa shape index (κ3) is 7.12. The Morgan fingerprint density at radius 2 is 2.04 bits per heavy atom. The zero-order valence-electron chi connectivity index (χ0n) is 15.6. The first-order chi connectivity index (χ1) is 11.9. The first-order valence-electron chi connectivity index (χ1n) is 9.23. The van der Waals surface area contributed by atoms with Gasteiger partial charge in [0.05, 0.1) is 13.0 Å². The number of ether oxygens (including phenoxy) is 2. The van der Waals surface area contributed by atoms with Crippen LogP contribution in [0.4, 0.5) is 0 Å². The zero-order chi connectivity index (χ0) is 18.3. The molecule has 1 fully saturated rings. The summed E-state index contributed by atoms with van der Waals surface area (Å²) in [7, 11) is 0. The van der Waals surface area contributed by atoms with Crippen LogP contribution in [0, 0.1) is 5.92 Å². The first kappa shape index (κ1) is 19.8. The van der Waals surface area contributed by atoms with Crippen LogP contribution in [-0.4, -0.2) is 28.3 Å². The highest BCUT2D eigenvalue weighted by atomic mass is 16.6. The fourth-order valence-corrected chi connectivity index (χ4v) is 3.09. The van der Waals surface area contributed by atoms with Gasteiger partial charge in [-0.3, -0.25) is 4.79 Å². The highest BCUT2D eigenvalue weighted by Crippen LogP contribution is 2.28. The minimum atomic E-state index is -0.591. The molecule has 1 saturated carbocycles. The highest BCUT2D eigenvalue weighted by Gasteiger charge is 2.27. The number of hydrogen-bond donors (Lipinski definition) is 1. The monoisotopic (exact) mass is 353 g/mol. The molecule has 0 unspecified atom stereocenters. The lowest BCUT2D eigenvalue weighted by molar-refractivity contribution is -0.158. The van der Waals surface area contributed by atoms with Gasteiger partial charge in [-0.1, -0.05) is 37.3 Å². The Balaban J connectivity index is 1.92. The van der Waals surface area contributed by atoms with Crippen LogP contribution in [0.1, 0.15) is 83.5 Å². The molecule has 1 aromatic heterocycles. The molecule has 0 amide bonds. The number of nitrogens with zero attached hydrogens (tertiary/aromatic N) is 2. The predicted octanol–water partition coefficient (Wildman–Crippen LogP) is 3.29. The van der Waals surface area contributed by atoms with E-state index in [4.69, 9.17) is 19.7 Å². The molecule has 0 bridgehead atoms. The Morgan fingerprint density at radius 1 is 1.32 bits per heavy atom. The zero-order valence-corrected chi connectivity index (χ0v) is 15.6. The molecule has 142 valence electrons. The fourth-order valence-electron chi connectivity index (χ4n) is 3.09. The molecule has 1 aliphatic carbocycles. The summed E-state index contributed by atoms with van der Waals surface area (Å²) in [4.78, 5) is 16.4. The second kappa shape index (κ2) is 9.29. The largest absolute Gasteiger partial charge is 0.460 e. The Kier molecular flexibility index (Phi) is 7.38. The SMILES string of the molecule is CC(C)(C)OC(=O)C[C@@H](OCCC1CCCCC1)c1nc(CN)no1. The smallest absolute Gasteiger partial charge is 0.309 e. The minimum Gasteiger partial charge on any atom is -0.460 e. The Hall–Kier alpha value is -1.47. The molecule has 0 aliphatic heterocycles. The summed E-state index contributed by atoms with van der Waals surface area (Å²) >= 11 is 0. The number of hydrogen-bond acceptors (Lipinski definition) is 7. The van der Waals surface area contributed by atoms with Crippen molar-refractivity contribution in [3.63, 3.8) is 0 Å². The third-order valence-electron chi connectivity index (χ3n) is 4.28. The van der Waals surface area contributed by atoms with E-state index in [1.807, 2.05) is 20.8 Å². The van der Waals surface area contributed by atoms with Crippen molar-refractivity contribution >= 4 is 5.97 Å². The number of carbonyl (C=O) groups excluding carboxylic acids is 1. The molecular weight excluding hydrogens is 322 g/mol. The molecule has 7 nitrogen and oxygen atoms in total. The average Bonchev–Trinajstić information content (AvgIpc) is 3.02. The fraction of sp³-hybridized carbons (Fsp3) is 0.833. The number of nitrogens with two attached hydrogens (primary N) is 1. The normalized spacial score (nSPS) is 17.4. The molecule has 7 heteroatoms. The van der Waals surface area contributed by atoms with Gasteiger partial charge in [0.2, 0.25) is 0 Å². The molecule has 25 heavy (non-hydrogen) atoms. The highest BCUT2D eigenvalue weighted by molar-refractivity contribution is 5.70. The van der Waals surface area contributed by atoms with E-state index in [0.29, 0.717) is 18.3 Å². The van der Waals surface area contributed by atoms with Crippen molar-refractivity contribution in [1.82, 2.24) is 10.1 Å². The second-order valence-corrected chi connectivity index (χ2v) is 7.70. The summed E-state index contributed by atoms with van der Waals surface area (Å²) in [5.74, 6) is 1.05. The standard InChI is InChI=1S/C18H31N3O4/c1-18(2,3)24-16(22)11-14(17-20-15(12-19)21-25-17)23-10-9-13-7-5-4-6-8-13/h13-14H,4-12,19H2,1-3H3/t14-/m1/s1. The van der Waals surface area contributed by atoms with E-state index in [2.05, 4.69) is 10.1 Å². The molecule has 0 spiro atoms. The topological polar surface area (TPSA) is 100 Å². The van der Waals surface area contributed by atoms with Gasteiger partial charge in [-0.05, 0) is 33.1 Å². The summed E-state index contributed by atoms with van der Waals surface area (Å²) < 4.78 is 16.5. The van der Waals surface area contributed by atoms with Crippen molar-refractivity contribution in [2.24, 2.45) is 11.7 Å². The summed E-state index contributed by atoms with van der Waals surface area (Å²) in [6.07, 6.45) is 6.91. The van der Waals surface area contributed by atoms with Gasteiger partial charge in [0.25, 0.3) is 5.89 Å². The summed E-state index contributed by atoms with van der Waals surface area (Å²) in [5, 5.41) is 3.79. The van der Waals surface area contributed by atoms with Gasteiger partial charge in [-0.25, -0.2) is 0 Å². The molecule has 0 saturated heterocycles. The Morgan fingerprint density at radius 3 is 2.64 bits per heavy atom. The van der Waals surface area contributed by atoms with Crippen molar-refractivity contribution in [1.29, 1.82) is 0 Å². The van der Waals surface area contributed by atoms with Gasteiger partial charge in [-0.2, -0.15) is 4.98 Å². The van der Waals surface area contributed by atoms with Crippen LogP contribution in [0.2, 0.25) is 0 Å². The predicted molar refractivity (Wildman–Crippen MR) is 92.5 cm³/mol. The van der Waals surface area contributed by atoms with Crippen LogP contribution in [0.25, 0.3) is 0 Å². The molecule has 1 atom stereocenters. The molecule has 1 aromatic rings. The molecule has 2 rings (SSSR count). The quantitative estimate of drug-likeness (QED) is 0.716. The van der Waals surface area contributed by atoms with Gasteiger partial charge in [0.1, 0.15) is 11.7 Å². The first-order valence-corrected chi connectivity index (χ1v) is 9.23. The van der Waals surface area contributed by atoms with Crippen molar-refractivity contribution in [3.8, 4) is 0 Å². The molecule has 2 N–H and O–H groups in total. The number of carbonyl (C=O) groups is 1. The summed E-state index contributed by atoms with van der Waals surface area (Å²) in [6, 6.07) is 0. The molecule has 1 aliphatic rings. The summed E-state index contributed by atoms with van der Waals surface area (Å²) in [6.45, 7) is 6.26. The Bertz CT molecular complexity index is 533. The van der Waals surface area contributed by atoms with E-state index >= 15 is 0 Å². The third-order valence-corrected chi connectivity index (χ3v) is 4.28. The van der Waals surface area contributed by atoms with E-state index in [-0.39, 0.29) is 24.8 Å². The van der Waals surface area contributed by atoms with Crippen LogP contribution < -0.4 is 5.73 Å². The second-order valence-electron chi connectivity index (χ2n) is 7.70. The molecular formula is C18H31N3O4. The van der Waals surface area contributed by atoms with Gasteiger partial charge in [0, 0.05) is 6.61 Å². The van der Waals surface area contributed by atoms with Gasteiger partial charge < -0.3 is 19.7 Å². The van der Waals surface area contributed by atoms with E-state index < -0.39 is 11.7 Å². The average molecular weight is 353 g/mol. The van der Waals surface area contributed by atoms with E-state index in [1.165, 1.54) is 32.1 Å². The summed E-state index contributed by atoms with van der Waals surface area (Å²) in [5.41, 5.74) is 4.99. The van der Waals surface area contributed by atoms with Gasteiger partial charge >= 0.3 is 5.97 Å². The maximum absolute atomic E-state index is 12.2. The van der Waals surface area contributed by atoms with Crippen molar-refractivity contribution < 1.29 is 18.8 Å². The lowest BCUT2D eigenvalue weighted by Gasteiger charge is -2.23. The van der Waals surface area contributed by atoms with E-state index in [0.717, 1.165) is 6.42 Å². The molecule has 0 aromatic carbocycles. The Labute approximate surface area is 149 Å². The maximum Gasteiger partial charge on any atom is 0.309 e. The van der Waals surface area contributed by atoms with Gasteiger partial charge in [-0.15, -0.1) is 0 Å². The van der Waals surface area contributed by atoms with Crippen LogP contribution in [0.5, 0.6) is 0 Å². The van der Waals surface area contributed by atoms with Crippen molar-refractivity contribution in [2.45, 2.75) is 84.0 Å². The number of rotatable bonds is 8. The van der Waals surface area contributed by atoms with Crippen LogP contribution in [-0.2, 0) is 20.8 Å². The lowest BCUT2D eigenvalue weighted by atomic mass is 9.87. The maximum atomic E-state index is 12.2. The number of esters is 1. The van der Waals surface area contributed by atoms with Crippen LogP contribution in [0.3, 0.4) is 0 Å². The van der Waals surface area contributed by atoms with Crippen LogP contribution >= 0.6 is 0 Å². The van der Waals surface area contributed by atoms with E-state index in [1.54, 1.807) is 0 Å². The molecule has 0 radical (unpaired) electrons. The van der Waals surface area contributed by atoms with Gasteiger partial charge in [0.15, 0.2) is 5.82 Å². The molecule has 1 heterocycles. The number of aromatic nitrogens is 2. The van der Waals surface area contributed by atoms with Crippen LogP contribution in [0.15, 0.2) is 4.52 Å². The van der Waals surface area contributed by atoms with Crippen molar-refractivity contribution in [3.05, 3.63) is 11.7 Å². The van der Waals surface area contributed by atoms with E-state index in [9.17, 15) is 4.79 Å². The minimum absolute atomic E-state index is 0.0497. The lowest BCUT2D eigenvalue weighted by Crippen LogP contribution is -2.25. The van der Waals surface area contributed by atoms with Crippen molar-refractivity contribution in [2.75, 3.05) is 6.61 Å².